The molecule has 6 rings (SSSR count). The van der Waals surface area contributed by atoms with Crippen LogP contribution in [0.15, 0.2) is 84.0 Å². The van der Waals surface area contributed by atoms with Crippen LogP contribution in [0.5, 0.6) is 0 Å². The first-order valence-electron chi connectivity index (χ1n) is 9.66. The molecule has 1 aromatic heterocycles. The zero-order chi connectivity index (χ0) is 19.4. The minimum absolute atomic E-state index is 0.170. The fourth-order valence-corrected chi connectivity index (χ4v) is 4.52. The molecule has 140 valence electrons. The number of para-hydroxylation sites is 1. The van der Waals surface area contributed by atoms with Crippen LogP contribution in [0.2, 0.25) is 0 Å². The molecule has 0 saturated carbocycles. The summed E-state index contributed by atoms with van der Waals surface area (Å²) in [4.78, 5) is 17.5. The highest BCUT2D eigenvalue weighted by Crippen LogP contribution is 2.46. The van der Waals surface area contributed by atoms with E-state index in [2.05, 4.69) is 29.4 Å². The number of nitrogens with zero attached hydrogens (tertiary/aromatic N) is 3. The number of rotatable bonds is 2. The largest absolute Gasteiger partial charge is 0.459 e. The lowest BCUT2D eigenvalue weighted by Crippen LogP contribution is -2.28. The predicted molar refractivity (Wildman–Crippen MR) is 111 cm³/mol. The van der Waals surface area contributed by atoms with Crippen LogP contribution >= 0.6 is 0 Å². The van der Waals surface area contributed by atoms with Gasteiger partial charge in [0.05, 0.1) is 17.6 Å². The molecule has 2 atom stereocenters. The van der Waals surface area contributed by atoms with E-state index in [0.717, 1.165) is 39.1 Å². The lowest BCUT2D eigenvalue weighted by atomic mass is 9.77. The molecule has 2 aliphatic heterocycles. The summed E-state index contributed by atoms with van der Waals surface area (Å²) >= 11 is 0. The van der Waals surface area contributed by atoms with Crippen molar-refractivity contribution in [2.75, 3.05) is 6.61 Å². The van der Waals surface area contributed by atoms with Crippen LogP contribution in [0, 0.1) is 5.92 Å². The number of carbonyl (C=O) groups excluding carboxylic acids is 1. The molecule has 5 heteroatoms. The van der Waals surface area contributed by atoms with Gasteiger partial charge in [-0.2, -0.15) is 5.10 Å². The van der Waals surface area contributed by atoms with Gasteiger partial charge in [0.1, 0.15) is 12.5 Å². The van der Waals surface area contributed by atoms with Gasteiger partial charge in [0, 0.05) is 11.5 Å². The molecule has 0 radical (unpaired) electrons. The van der Waals surface area contributed by atoms with Gasteiger partial charge in [-0.05, 0) is 28.5 Å². The molecule has 0 aliphatic carbocycles. The monoisotopic (exact) mass is 379 g/mol. The Morgan fingerprint density at radius 2 is 1.66 bits per heavy atom. The van der Waals surface area contributed by atoms with Crippen molar-refractivity contribution in [2.45, 2.75) is 5.92 Å². The van der Waals surface area contributed by atoms with E-state index in [1.54, 1.807) is 0 Å². The Bertz CT molecular complexity index is 1280. The van der Waals surface area contributed by atoms with Gasteiger partial charge in [-0.25, -0.2) is 9.67 Å². The van der Waals surface area contributed by atoms with E-state index in [9.17, 15) is 4.79 Å². The normalized spacial score (nSPS) is 20.1. The molecule has 4 aromatic rings. The summed E-state index contributed by atoms with van der Waals surface area (Å²) in [6.07, 6.45) is 1.85. The van der Waals surface area contributed by atoms with Crippen LogP contribution in [-0.4, -0.2) is 28.1 Å². The molecule has 3 heterocycles. The predicted octanol–water partition coefficient (Wildman–Crippen LogP) is 4.42. The first-order chi connectivity index (χ1) is 14.3. The summed E-state index contributed by atoms with van der Waals surface area (Å²) in [7, 11) is 0. The topological polar surface area (TPSA) is 56.5 Å². The van der Waals surface area contributed by atoms with E-state index in [0.29, 0.717) is 0 Å². The SMILES string of the molecule is O=C1OCC2=Nc3c(cnn3-c3ccccc3)C(c3cccc4ccccc34)C12. The number of aromatic nitrogens is 2. The van der Waals surface area contributed by atoms with Crippen molar-refractivity contribution in [1.82, 2.24) is 9.78 Å². The minimum atomic E-state index is -0.401. The highest BCUT2D eigenvalue weighted by atomic mass is 16.5. The quantitative estimate of drug-likeness (QED) is 0.485. The average Bonchev–Trinajstić information content (AvgIpc) is 3.36. The lowest BCUT2D eigenvalue weighted by molar-refractivity contribution is -0.141. The van der Waals surface area contributed by atoms with Gasteiger partial charge in [0.2, 0.25) is 0 Å². The summed E-state index contributed by atoms with van der Waals surface area (Å²) in [6.45, 7) is 0.240. The van der Waals surface area contributed by atoms with Crippen molar-refractivity contribution in [3.63, 3.8) is 0 Å². The summed E-state index contributed by atoms with van der Waals surface area (Å²) in [6, 6.07) is 24.4. The van der Waals surface area contributed by atoms with E-state index in [4.69, 9.17) is 9.73 Å². The number of fused-ring (bicyclic) bond motifs is 3. The van der Waals surface area contributed by atoms with E-state index < -0.39 is 5.92 Å². The van der Waals surface area contributed by atoms with E-state index >= 15 is 0 Å². The Balaban J connectivity index is 1.62. The Labute approximate surface area is 167 Å². The number of cyclic esters (lactones) is 1. The van der Waals surface area contributed by atoms with Gasteiger partial charge in [-0.3, -0.25) is 4.79 Å². The van der Waals surface area contributed by atoms with Crippen LogP contribution in [0.3, 0.4) is 0 Å². The van der Waals surface area contributed by atoms with Gasteiger partial charge in [0.25, 0.3) is 0 Å². The third-order valence-corrected chi connectivity index (χ3v) is 5.82. The average molecular weight is 379 g/mol. The fourth-order valence-electron chi connectivity index (χ4n) is 4.52. The highest BCUT2D eigenvalue weighted by molar-refractivity contribution is 6.11. The molecule has 0 amide bonds. The van der Waals surface area contributed by atoms with Gasteiger partial charge < -0.3 is 4.74 Å². The third kappa shape index (κ3) is 2.37. The first-order valence-corrected chi connectivity index (χ1v) is 9.66. The molecule has 2 unspecified atom stereocenters. The van der Waals surface area contributed by atoms with Crippen molar-refractivity contribution in [3.8, 4) is 5.69 Å². The zero-order valence-electron chi connectivity index (χ0n) is 15.5. The standard InChI is InChI=1S/C24H17N3O2/c28-24-22-20(14-29-24)26-23-19(13-25-27(23)16-9-2-1-3-10-16)21(22)18-12-6-8-15-7-4-5-11-17(15)18/h1-13,21-22H,14H2. The molecule has 1 fully saturated rings. The number of ether oxygens (including phenoxy) is 1. The second kappa shape index (κ2) is 6.14. The number of benzene rings is 3. The minimum Gasteiger partial charge on any atom is -0.459 e. The number of hydrogen-bond donors (Lipinski definition) is 0. The molecule has 1 saturated heterocycles. The molecule has 5 nitrogen and oxygen atoms in total. The summed E-state index contributed by atoms with van der Waals surface area (Å²) in [5, 5.41) is 6.92. The van der Waals surface area contributed by atoms with Crippen molar-refractivity contribution in [3.05, 3.63) is 90.1 Å². The molecule has 2 aliphatic rings. The number of carbonyl (C=O) groups is 1. The molecule has 3 aromatic carbocycles. The van der Waals surface area contributed by atoms with E-state index in [1.807, 2.05) is 59.4 Å². The number of aliphatic imine (C=N–C) groups is 1. The Hall–Kier alpha value is -3.73. The molecular weight excluding hydrogens is 362 g/mol. The molecule has 0 spiro atoms. The van der Waals surface area contributed by atoms with Crippen molar-refractivity contribution >= 4 is 28.3 Å². The number of hydrogen-bond acceptors (Lipinski definition) is 4. The van der Waals surface area contributed by atoms with Gasteiger partial charge in [-0.15, -0.1) is 0 Å². The summed E-state index contributed by atoms with van der Waals surface area (Å²) < 4.78 is 7.26. The summed E-state index contributed by atoms with van der Waals surface area (Å²) in [5.41, 5.74) is 3.78. The van der Waals surface area contributed by atoms with Gasteiger partial charge in [-0.1, -0.05) is 60.7 Å². The second-order valence-electron chi connectivity index (χ2n) is 7.41. The second-order valence-corrected chi connectivity index (χ2v) is 7.41. The van der Waals surface area contributed by atoms with Crippen LogP contribution in [0.4, 0.5) is 5.82 Å². The van der Waals surface area contributed by atoms with Gasteiger partial charge >= 0.3 is 5.97 Å². The highest BCUT2D eigenvalue weighted by Gasteiger charge is 2.46. The fraction of sp³-hybridized carbons (Fsp3) is 0.125. The molecule has 29 heavy (non-hydrogen) atoms. The zero-order valence-corrected chi connectivity index (χ0v) is 15.5. The van der Waals surface area contributed by atoms with E-state index in [1.165, 1.54) is 0 Å². The Morgan fingerprint density at radius 3 is 2.55 bits per heavy atom. The maximum Gasteiger partial charge on any atom is 0.316 e. The molecular formula is C24H17N3O2. The van der Waals surface area contributed by atoms with E-state index in [-0.39, 0.29) is 18.5 Å². The Morgan fingerprint density at radius 1 is 0.862 bits per heavy atom. The van der Waals surface area contributed by atoms with Gasteiger partial charge in [0.15, 0.2) is 5.82 Å². The third-order valence-electron chi connectivity index (χ3n) is 5.82. The van der Waals surface area contributed by atoms with Crippen LogP contribution in [0.25, 0.3) is 16.5 Å². The molecule has 0 bridgehead atoms. The summed E-state index contributed by atoms with van der Waals surface area (Å²) in [5.74, 6) is -0.00345. The Kier molecular flexibility index (Phi) is 3.44. The van der Waals surface area contributed by atoms with Crippen LogP contribution < -0.4 is 0 Å². The van der Waals surface area contributed by atoms with Crippen molar-refractivity contribution < 1.29 is 9.53 Å². The smallest absolute Gasteiger partial charge is 0.316 e. The molecule has 0 N–H and O–H groups in total. The van der Waals surface area contributed by atoms with Crippen LogP contribution in [0.1, 0.15) is 17.0 Å². The number of esters is 1. The van der Waals surface area contributed by atoms with Crippen molar-refractivity contribution in [2.24, 2.45) is 10.9 Å². The lowest BCUT2D eigenvalue weighted by Gasteiger charge is -2.26. The van der Waals surface area contributed by atoms with Crippen molar-refractivity contribution in [1.29, 1.82) is 0 Å². The first kappa shape index (κ1) is 16.2. The van der Waals surface area contributed by atoms with Crippen LogP contribution in [-0.2, 0) is 9.53 Å². The maximum atomic E-state index is 12.7. The maximum absolute atomic E-state index is 12.7.